The first-order valence-corrected chi connectivity index (χ1v) is 12.7. The predicted molar refractivity (Wildman–Crippen MR) is 130 cm³/mol. The van der Waals surface area contributed by atoms with Crippen LogP contribution in [0, 0.1) is 0 Å². The predicted octanol–water partition coefficient (Wildman–Crippen LogP) is 5.57. The van der Waals surface area contributed by atoms with E-state index in [-0.39, 0.29) is 5.76 Å². The van der Waals surface area contributed by atoms with Crippen molar-refractivity contribution < 1.29 is 17.7 Å². The van der Waals surface area contributed by atoms with Crippen molar-refractivity contribution in [2.45, 2.75) is 25.0 Å². The number of amidine groups is 1. The number of ether oxygens (including phenoxy) is 1. The molecule has 1 aliphatic heterocycles. The van der Waals surface area contributed by atoms with Crippen LogP contribution in [0.1, 0.15) is 36.3 Å². The summed E-state index contributed by atoms with van der Waals surface area (Å²) in [7, 11) is -2.36. The molecular weight excluding hydrogens is 485 g/mol. The molecule has 2 aromatic carbocycles. The van der Waals surface area contributed by atoms with Gasteiger partial charge in [0, 0.05) is 24.7 Å². The minimum Gasteiger partial charge on any atom is -0.497 e. The molecule has 1 aliphatic rings. The van der Waals surface area contributed by atoms with E-state index in [2.05, 4.69) is 9.55 Å². The van der Waals surface area contributed by atoms with Crippen molar-refractivity contribution in [1.82, 2.24) is 10.1 Å². The molecule has 0 unspecified atom stereocenters. The first-order valence-electron chi connectivity index (χ1n) is 10.4. The van der Waals surface area contributed by atoms with Crippen molar-refractivity contribution in [3.8, 4) is 17.0 Å². The highest BCUT2D eigenvalue weighted by molar-refractivity contribution is 7.91. The van der Waals surface area contributed by atoms with Gasteiger partial charge in [0.15, 0.2) is 11.0 Å². The Morgan fingerprint density at radius 3 is 2.27 bits per heavy atom. The van der Waals surface area contributed by atoms with E-state index in [1.54, 1.807) is 43.5 Å². The Hall–Kier alpha value is -2.55. The zero-order valence-corrected chi connectivity index (χ0v) is 20.7. The maximum absolute atomic E-state index is 13.3. The Balaban J connectivity index is 1.84. The summed E-state index contributed by atoms with van der Waals surface area (Å²) in [6.45, 7) is 5.15. The summed E-state index contributed by atoms with van der Waals surface area (Å²) in [6.07, 6.45) is 0. The number of aromatic nitrogens is 1. The fourth-order valence-electron chi connectivity index (χ4n) is 4.08. The number of halogens is 2. The van der Waals surface area contributed by atoms with E-state index >= 15 is 0 Å². The van der Waals surface area contributed by atoms with Gasteiger partial charge < -0.3 is 14.2 Å². The number of nitrogens with zero attached hydrogens (tertiary/aromatic N) is 3. The Morgan fingerprint density at radius 2 is 1.70 bits per heavy atom. The molecule has 33 heavy (non-hydrogen) atoms. The largest absolute Gasteiger partial charge is 0.497 e. The van der Waals surface area contributed by atoms with Gasteiger partial charge in [0.2, 0.25) is 0 Å². The highest BCUT2D eigenvalue weighted by atomic mass is 35.5. The van der Waals surface area contributed by atoms with Gasteiger partial charge in [-0.2, -0.15) is 0 Å². The van der Waals surface area contributed by atoms with Crippen molar-refractivity contribution in [3.05, 3.63) is 69.9 Å². The van der Waals surface area contributed by atoms with E-state index in [1.165, 1.54) is 0 Å². The molecular formula is C23H23Cl2N3O4S. The van der Waals surface area contributed by atoms with Crippen LogP contribution in [0.3, 0.4) is 0 Å². The molecule has 1 aromatic heterocycles. The maximum Gasteiger partial charge on any atom is 0.266 e. The lowest BCUT2D eigenvalue weighted by Gasteiger charge is -2.27. The Labute approximate surface area is 203 Å². The van der Waals surface area contributed by atoms with E-state index in [0.29, 0.717) is 46.0 Å². The van der Waals surface area contributed by atoms with Crippen molar-refractivity contribution in [2.75, 3.05) is 20.2 Å². The molecule has 0 spiro atoms. The average molecular weight is 508 g/mol. The van der Waals surface area contributed by atoms with Gasteiger partial charge in [-0.15, -0.1) is 4.40 Å². The molecule has 0 saturated carbocycles. The van der Waals surface area contributed by atoms with Crippen LogP contribution < -0.4 is 4.74 Å². The van der Waals surface area contributed by atoms with Gasteiger partial charge in [0.25, 0.3) is 10.0 Å². The van der Waals surface area contributed by atoms with Gasteiger partial charge in [0.1, 0.15) is 17.3 Å². The summed E-state index contributed by atoms with van der Waals surface area (Å²) in [5, 5.41) is 3.80. The Bertz CT molecular complexity index is 1270. The second kappa shape index (κ2) is 9.37. The fourth-order valence-corrected chi connectivity index (χ4v) is 6.31. The quantitative estimate of drug-likeness (QED) is 0.433. The Morgan fingerprint density at radius 1 is 1.06 bits per heavy atom. The summed E-state index contributed by atoms with van der Waals surface area (Å²) >= 11 is 12.6. The standard InChI is InChI=1S/C23H23Cl2N3O4S/c1-4-28(5-2)23-20(14-9-11-15(31-3)12-10-14)22(33(29,30)27-23)19-13-18(26-32-19)21-16(24)7-6-8-17(21)25/h6-13,20,22H,4-5H2,1-3H3/t20-,22-/m0/s1. The number of likely N-dealkylation sites (N-methyl/N-ethyl adjacent to an activating group) is 1. The minimum atomic E-state index is -3.94. The maximum atomic E-state index is 13.3. The first kappa shape index (κ1) is 23.6. The van der Waals surface area contributed by atoms with Crippen LogP contribution in [-0.2, 0) is 10.0 Å². The van der Waals surface area contributed by atoms with Crippen LogP contribution in [0.4, 0.5) is 0 Å². The number of methoxy groups -OCH3 is 1. The third-order valence-corrected chi connectivity index (χ3v) is 7.93. The molecule has 0 saturated heterocycles. The highest BCUT2D eigenvalue weighted by Crippen LogP contribution is 2.46. The molecule has 7 nitrogen and oxygen atoms in total. The topological polar surface area (TPSA) is 85.0 Å². The summed E-state index contributed by atoms with van der Waals surface area (Å²) in [5.74, 6) is 0.743. The monoisotopic (exact) mass is 507 g/mol. The van der Waals surface area contributed by atoms with Gasteiger partial charge in [0.05, 0.1) is 23.1 Å². The lowest BCUT2D eigenvalue weighted by Crippen LogP contribution is -2.34. The van der Waals surface area contributed by atoms with Crippen molar-refractivity contribution in [3.63, 3.8) is 0 Å². The molecule has 0 N–H and O–H groups in total. The molecule has 2 heterocycles. The summed E-state index contributed by atoms with van der Waals surface area (Å²) in [5.41, 5.74) is 1.62. The first-order chi connectivity index (χ1) is 15.8. The highest BCUT2D eigenvalue weighted by Gasteiger charge is 2.48. The third-order valence-electron chi connectivity index (χ3n) is 5.71. The Kier molecular flexibility index (Phi) is 6.70. The van der Waals surface area contributed by atoms with Crippen LogP contribution in [0.2, 0.25) is 10.0 Å². The minimum absolute atomic E-state index is 0.174. The van der Waals surface area contributed by atoms with Crippen LogP contribution in [0.25, 0.3) is 11.3 Å². The zero-order chi connectivity index (χ0) is 23.8. The van der Waals surface area contributed by atoms with Crippen LogP contribution in [0.15, 0.2) is 57.5 Å². The number of benzene rings is 2. The third kappa shape index (κ3) is 4.35. The van der Waals surface area contributed by atoms with Gasteiger partial charge in [-0.25, -0.2) is 8.42 Å². The molecule has 0 aliphatic carbocycles. The van der Waals surface area contributed by atoms with Gasteiger partial charge in [-0.1, -0.05) is 46.6 Å². The van der Waals surface area contributed by atoms with E-state index < -0.39 is 21.2 Å². The normalized spacial score (nSPS) is 19.4. The van der Waals surface area contributed by atoms with E-state index in [9.17, 15) is 8.42 Å². The molecule has 4 rings (SSSR count). The fraction of sp³-hybridized carbons (Fsp3) is 0.304. The van der Waals surface area contributed by atoms with E-state index in [1.807, 2.05) is 30.9 Å². The second-order valence-corrected chi connectivity index (χ2v) is 10.1. The van der Waals surface area contributed by atoms with Gasteiger partial charge >= 0.3 is 0 Å². The molecule has 2 atom stereocenters. The SMILES string of the molecule is CCN(CC)C1=NS(=O)(=O)[C@@H](c2cc(-c3c(Cl)cccc3Cl)no2)[C@@H]1c1ccc(OC)cc1. The number of hydrogen-bond donors (Lipinski definition) is 0. The molecule has 0 bridgehead atoms. The van der Waals surface area contributed by atoms with Crippen molar-refractivity contribution >= 4 is 39.1 Å². The number of rotatable bonds is 6. The molecule has 0 radical (unpaired) electrons. The van der Waals surface area contributed by atoms with E-state index in [0.717, 1.165) is 5.56 Å². The smallest absolute Gasteiger partial charge is 0.266 e. The lowest BCUT2D eigenvalue weighted by atomic mass is 9.91. The van der Waals surface area contributed by atoms with Crippen LogP contribution >= 0.6 is 23.2 Å². The molecule has 10 heteroatoms. The summed E-state index contributed by atoms with van der Waals surface area (Å²) in [4.78, 5) is 1.94. The molecule has 0 fully saturated rings. The van der Waals surface area contributed by atoms with Crippen LogP contribution in [0.5, 0.6) is 5.75 Å². The molecule has 174 valence electrons. The lowest BCUT2D eigenvalue weighted by molar-refractivity contribution is 0.373. The molecule has 3 aromatic rings. The zero-order valence-electron chi connectivity index (χ0n) is 18.3. The van der Waals surface area contributed by atoms with E-state index in [4.69, 9.17) is 32.5 Å². The molecule has 0 amide bonds. The summed E-state index contributed by atoms with van der Waals surface area (Å²) < 4.78 is 41.7. The van der Waals surface area contributed by atoms with Crippen molar-refractivity contribution in [1.29, 1.82) is 0 Å². The number of hydrogen-bond acceptors (Lipinski definition) is 6. The number of sulfonamides is 1. The van der Waals surface area contributed by atoms with Crippen molar-refractivity contribution in [2.24, 2.45) is 4.40 Å². The van der Waals surface area contributed by atoms with Gasteiger partial charge in [-0.3, -0.25) is 0 Å². The second-order valence-electron chi connectivity index (χ2n) is 7.52. The van der Waals surface area contributed by atoms with Gasteiger partial charge in [-0.05, 0) is 43.7 Å². The van der Waals surface area contributed by atoms with Crippen LogP contribution in [-0.4, -0.2) is 44.5 Å². The average Bonchev–Trinajstić information content (AvgIpc) is 3.36. The summed E-state index contributed by atoms with van der Waals surface area (Å²) in [6, 6.07) is 14.0.